The standard InChI is InChI=1S/C82H160O6/c1-62(2)34-22-38-66(9)42-26-46-70(13)50-30-58-79(18,84)75-54-55-77(86-75)81(20,60-32-52-72(15)48-28-44-68(11)40-24-36-64(5)6)88-82(21,61-33-53-73(16)49-29-45-69(12)41-25-37-65(7)8)78-57-56-76(85-74(17)83)80(19,87-78)59-31-51-71(14)47-27-43-67(10)39-23-35-63(3)4/h62-73,75-78,84H,22-61H2,1-21H3. The van der Waals surface area contributed by atoms with E-state index in [9.17, 15) is 9.90 Å². The number of rotatable bonds is 54. The second kappa shape index (κ2) is 44.9. The average molecular weight is 1240 g/mol. The largest absolute Gasteiger partial charge is 0.459 e. The molecule has 6 heteroatoms. The first kappa shape index (κ1) is 83.4. The van der Waals surface area contributed by atoms with Crippen LogP contribution in [-0.4, -0.2) is 57.9 Å². The Bertz CT molecular complexity index is 1710. The molecule has 1 N–H and O–H groups in total. The normalized spacial score (nSPS) is 24.2. The second-order valence-electron chi connectivity index (χ2n) is 34.8. The zero-order valence-corrected chi connectivity index (χ0v) is 63.5. The molecule has 0 aromatic rings. The highest BCUT2D eigenvalue weighted by Crippen LogP contribution is 2.47. The molecule has 2 heterocycles. The van der Waals surface area contributed by atoms with Gasteiger partial charge >= 0.3 is 5.97 Å². The summed E-state index contributed by atoms with van der Waals surface area (Å²) in [6, 6.07) is 0. The second-order valence-corrected chi connectivity index (χ2v) is 34.8. The van der Waals surface area contributed by atoms with Gasteiger partial charge in [0.05, 0.1) is 35.1 Å². The van der Waals surface area contributed by atoms with E-state index in [0.29, 0.717) is 23.7 Å². The number of aliphatic hydroxyl groups is 1. The number of hydrogen-bond acceptors (Lipinski definition) is 6. The molecular formula is C82H160O6. The summed E-state index contributed by atoms with van der Waals surface area (Å²) in [6.45, 7) is 49.2. The van der Waals surface area contributed by atoms with Gasteiger partial charge in [0.1, 0.15) is 11.7 Å². The van der Waals surface area contributed by atoms with Gasteiger partial charge in [0.25, 0.3) is 0 Å². The fourth-order valence-corrected chi connectivity index (χ4v) is 16.0. The first-order chi connectivity index (χ1) is 41.4. The summed E-state index contributed by atoms with van der Waals surface area (Å²) in [5.41, 5.74) is -2.67. The van der Waals surface area contributed by atoms with E-state index < -0.39 is 22.4 Å². The van der Waals surface area contributed by atoms with Gasteiger partial charge in [-0.2, -0.15) is 0 Å². The van der Waals surface area contributed by atoms with Gasteiger partial charge in [-0.25, -0.2) is 0 Å². The van der Waals surface area contributed by atoms with E-state index in [0.717, 1.165) is 137 Å². The molecule has 0 bridgehead atoms. The molecule has 6 nitrogen and oxygen atoms in total. The van der Waals surface area contributed by atoms with Crippen LogP contribution in [0.3, 0.4) is 0 Å². The lowest BCUT2D eigenvalue weighted by Crippen LogP contribution is -2.60. The Morgan fingerprint density at radius 3 is 1.00 bits per heavy atom. The van der Waals surface area contributed by atoms with E-state index >= 15 is 0 Å². The van der Waals surface area contributed by atoms with Crippen LogP contribution in [0.25, 0.3) is 0 Å². The third-order valence-corrected chi connectivity index (χ3v) is 22.6. The Morgan fingerprint density at radius 1 is 0.398 bits per heavy atom. The zero-order valence-electron chi connectivity index (χ0n) is 63.5. The van der Waals surface area contributed by atoms with Crippen molar-refractivity contribution < 1.29 is 28.8 Å². The number of ether oxygens (including phenoxy) is 4. The lowest BCUT2D eigenvalue weighted by atomic mass is 9.78. The van der Waals surface area contributed by atoms with E-state index in [-0.39, 0.29) is 30.4 Å². The minimum atomic E-state index is -0.894. The predicted octanol–water partition coefficient (Wildman–Crippen LogP) is 25.4. The Balaban J connectivity index is 2.44. The number of carbonyl (C=O) groups excluding carboxylic acids is 1. The fraction of sp³-hybridized carbons (Fsp3) is 0.988. The van der Waals surface area contributed by atoms with Crippen molar-refractivity contribution in [1.82, 2.24) is 0 Å². The van der Waals surface area contributed by atoms with Crippen LogP contribution in [0.4, 0.5) is 0 Å². The highest BCUT2D eigenvalue weighted by Gasteiger charge is 2.54. The maximum atomic E-state index is 12.9. The van der Waals surface area contributed by atoms with Gasteiger partial charge in [0, 0.05) is 6.92 Å². The smallest absolute Gasteiger partial charge is 0.303 e. The van der Waals surface area contributed by atoms with Crippen molar-refractivity contribution in [3.8, 4) is 0 Å². The van der Waals surface area contributed by atoms with Crippen molar-refractivity contribution in [2.45, 2.75) is 449 Å². The summed E-state index contributed by atoms with van der Waals surface area (Å²) < 4.78 is 29.4. The van der Waals surface area contributed by atoms with Crippen LogP contribution in [0.1, 0.15) is 402 Å². The summed E-state index contributed by atoms with van der Waals surface area (Å²) in [4.78, 5) is 12.9. The van der Waals surface area contributed by atoms with Gasteiger partial charge in [0.2, 0.25) is 0 Å². The maximum Gasteiger partial charge on any atom is 0.303 e. The van der Waals surface area contributed by atoms with E-state index in [1.807, 2.05) is 0 Å². The Morgan fingerprint density at radius 2 is 0.670 bits per heavy atom. The van der Waals surface area contributed by atoms with Crippen LogP contribution in [0.2, 0.25) is 0 Å². The molecule has 16 atom stereocenters. The molecule has 2 aliphatic rings. The first-order valence-corrected chi connectivity index (χ1v) is 39.3. The zero-order chi connectivity index (χ0) is 65.9. The number of carbonyl (C=O) groups is 1. The molecule has 0 radical (unpaired) electrons. The quantitative estimate of drug-likeness (QED) is 0.0612. The molecule has 0 amide bonds. The van der Waals surface area contributed by atoms with Crippen LogP contribution in [0.5, 0.6) is 0 Å². The molecule has 524 valence electrons. The molecule has 2 saturated heterocycles. The van der Waals surface area contributed by atoms with Gasteiger partial charge < -0.3 is 24.1 Å². The van der Waals surface area contributed by atoms with Crippen molar-refractivity contribution in [3.05, 3.63) is 0 Å². The third kappa shape index (κ3) is 36.8. The van der Waals surface area contributed by atoms with Crippen molar-refractivity contribution in [2.24, 2.45) is 71.0 Å². The predicted molar refractivity (Wildman–Crippen MR) is 383 cm³/mol. The SMILES string of the molecule is CC(=O)OC1CCC(C(C)(CCCC(C)CCCC(C)CCCC(C)C)OC(C)(CCCC(C)CCCC(C)CCCC(C)C)C2CCC(C(C)(O)CCCC(C)CCCC(C)CCCC(C)C)O2)OC1(C)CCCC(C)CCCC(C)CCCC(C)C. The van der Waals surface area contributed by atoms with Gasteiger partial charge in [-0.1, -0.05) is 316 Å². The van der Waals surface area contributed by atoms with Gasteiger partial charge in [-0.3, -0.25) is 4.79 Å². The van der Waals surface area contributed by atoms with E-state index in [2.05, 4.69) is 138 Å². The molecule has 16 unspecified atom stereocenters. The average Bonchev–Trinajstić information content (AvgIpc) is 1.37. The van der Waals surface area contributed by atoms with Crippen molar-refractivity contribution in [2.75, 3.05) is 0 Å². The molecule has 2 rings (SSSR count). The highest BCUT2D eigenvalue weighted by atomic mass is 16.6. The van der Waals surface area contributed by atoms with Gasteiger partial charge in [0.15, 0.2) is 0 Å². The van der Waals surface area contributed by atoms with Crippen molar-refractivity contribution in [3.63, 3.8) is 0 Å². The van der Waals surface area contributed by atoms with E-state index in [4.69, 9.17) is 18.9 Å². The summed E-state index contributed by atoms with van der Waals surface area (Å²) in [5, 5.41) is 12.4. The van der Waals surface area contributed by atoms with Crippen LogP contribution in [0.15, 0.2) is 0 Å². The summed E-state index contributed by atoms with van der Waals surface area (Å²) in [6.07, 6.45) is 46.9. The third-order valence-electron chi connectivity index (χ3n) is 22.6. The van der Waals surface area contributed by atoms with Crippen LogP contribution in [0, 0.1) is 71.0 Å². The van der Waals surface area contributed by atoms with Crippen molar-refractivity contribution >= 4 is 5.97 Å². The topological polar surface area (TPSA) is 74.2 Å². The maximum absolute atomic E-state index is 12.9. The fourth-order valence-electron chi connectivity index (χ4n) is 16.0. The molecule has 0 aromatic carbocycles. The molecule has 0 spiro atoms. The Labute approximate surface area is 552 Å². The minimum Gasteiger partial charge on any atom is -0.459 e. The van der Waals surface area contributed by atoms with Gasteiger partial charge in [-0.05, 0) is 150 Å². The Kier molecular flexibility index (Phi) is 42.5. The molecule has 88 heavy (non-hydrogen) atoms. The molecule has 2 fully saturated rings. The highest BCUT2D eigenvalue weighted by molar-refractivity contribution is 5.66. The van der Waals surface area contributed by atoms with Crippen molar-refractivity contribution in [1.29, 1.82) is 0 Å². The molecule has 2 aliphatic heterocycles. The van der Waals surface area contributed by atoms with Crippen LogP contribution in [-0.2, 0) is 23.7 Å². The first-order valence-electron chi connectivity index (χ1n) is 39.3. The summed E-state index contributed by atoms with van der Waals surface area (Å²) >= 11 is 0. The van der Waals surface area contributed by atoms with Crippen LogP contribution >= 0.6 is 0 Å². The van der Waals surface area contributed by atoms with Gasteiger partial charge in [-0.15, -0.1) is 0 Å². The number of hydrogen-bond donors (Lipinski definition) is 1. The lowest BCUT2D eigenvalue weighted by molar-refractivity contribution is -0.284. The van der Waals surface area contributed by atoms with E-state index in [1.165, 1.54) is 167 Å². The molecule has 0 aromatic heterocycles. The summed E-state index contributed by atoms with van der Waals surface area (Å²) in [7, 11) is 0. The summed E-state index contributed by atoms with van der Waals surface area (Å²) in [5.74, 6) is 8.84. The van der Waals surface area contributed by atoms with E-state index in [1.54, 1.807) is 6.92 Å². The van der Waals surface area contributed by atoms with Crippen LogP contribution < -0.4 is 0 Å². The lowest BCUT2D eigenvalue weighted by Gasteiger charge is -2.52. The molecule has 0 saturated carbocycles. The minimum absolute atomic E-state index is 0.124. The Hall–Kier alpha value is -0.690. The molecular weight excluding hydrogens is 1080 g/mol. The number of esters is 1. The monoisotopic (exact) mass is 1240 g/mol. The molecule has 0 aliphatic carbocycles.